The average molecular weight is 445 g/mol. The number of para-hydroxylation sites is 1. The molecule has 0 fully saturated rings. The van der Waals surface area contributed by atoms with Gasteiger partial charge in [0.15, 0.2) is 0 Å². The van der Waals surface area contributed by atoms with E-state index in [0.29, 0.717) is 31.9 Å². The smallest absolute Gasteiger partial charge is 0.283 e. The zero-order valence-electron chi connectivity index (χ0n) is 15.1. The predicted octanol–water partition coefficient (Wildman–Crippen LogP) is 4.76. The van der Waals surface area contributed by atoms with Crippen molar-refractivity contribution in [2.75, 3.05) is 0 Å². The molecule has 2 aromatic carbocycles. The number of carbonyl (C=O) groups is 1. The van der Waals surface area contributed by atoms with Crippen molar-refractivity contribution in [2.45, 2.75) is 6.92 Å². The number of benzene rings is 2. The van der Waals surface area contributed by atoms with Crippen LogP contribution in [-0.4, -0.2) is 21.9 Å². The van der Waals surface area contributed by atoms with E-state index in [2.05, 4.69) is 15.6 Å². The fraction of sp³-hybridized carbons (Fsp3) is 0.0500. The van der Waals surface area contributed by atoms with Gasteiger partial charge in [-0.2, -0.15) is 5.10 Å². The highest BCUT2D eigenvalue weighted by Gasteiger charge is 2.17. The van der Waals surface area contributed by atoms with E-state index >= 15 is 0 Å². The number of halogens is 2. The average Bonchev–Trinajstić information content (AvgIpc) is 3.19. The second-order valence-corrected chi connectivity index (χ2v) is 8.08. The summed E-state index contributed by atoms with van der Waals surface area (Å²) in [5, 5.41) is 8.61. The van der Waals surface area contributed by atoms with Gasteiger partial charge in [0, 0.05) is 20.8 Å². The van der Waals surface area contributed by atoms with Crippen molar-refractivity contribution in [1.82, 2.24) is 15.2 Å². The number of rotatable bonds is 4. The molecule has 2 aromatic heterocycles. The van der Waals surface area contributed by atoms with Crippen molar-refractivity contribution >= 4 is 56.7 Å². The molecule has 4 aromatic rings. The standard InChI is InChI=1S/C20H14Cl2N4O2S/c1-11-15(20(28)26(25-11)13-5-3-2-4-6-13)10-23-24-19(27)18-17(22)14-8-7-12(21)9-16(14)29-18/h2-10,25H,1H3,(H,24,27)/b23-10+. The van der Waals surface area contributed by atoms with Crippen LogP contribution in [-0.2, 0) is 0 Å². The van der Waals surface area contributed by atoms with Crippen LogP contribution in [0, 0.1) is 6.92 Å². The lowest BCUT2D eigenvalue weighted by atomic mass is 10.2. The van der Waals surface area contributed by atoms with Crippen molar-refractivity contribution in [3.8, 4) is 5.69 Å². The molecule has 146 valence electrons. The summed E-state index contributed by atoms with van der Waals surface area (Å²) in [4.78, 5) is 25.4. The fourth-order valence-corrected chi connectivity index (χ4v) is 4.54. The van der Waals surface area contributed by atoms with Gasteiger partial charge in [-0.25, -0.2) is 10.1 Å². The Morgan fingerprint density at radius 1 is 1.21 bits per heavy atom. The number of nitrogens with one attached hydrogen (secondary N) is 2. The third-order valence-electron chi connectivity index (χ3n) is 4.29. The van der Waals surface area contributed by atoms with Gasteiger partial charge in [0.1, 0.15) is 4.88 Å². The molecule has 29 heavy (non-hydrogen) atoms. The maximum Gasteiger partial charge on any atom is 0.283 e. The Balaban J connectivity index is 1.57. The molecule has 0 aliphatic carbocycles. The highest BCUT2D eigenvalue weighted by molar-refractivity contribution is 7.21. The van der Waals surface area contributed by atoms with Crippen LogP contribution in [0.1, 0.15) is 20.9 Å². The molecule has 0 radical (unpaired) electrons. The minimum absolute atomic E-state index is 0.263. The molecule has 4 rings (SSSR count). The molecule has 0 saturated heterocycles. The van der Waals surface area contributed by atoms with Crippen LogP contribution in [0.4, 0.5) is 0 Å². The Morgan fingerprint density at radius 3 is 2.72 bits per heavy atom. The Kier molecular flexibility index (Phi) is 5.27. The van der Waals surface area contributed by atoms with Gasteiger partial charge in [-0.05, 0) is 31.2 Å². The first-order valence-corrected chi connectivity index (χ1v) is 10.1. The summed E-state index contributed by atoms with van der Waals surface area (Å²) >= 11 is 13.5. The van der Waals surface area contributed by atoms with Crippen LogP contribution >= 0.6 is 34.5 Å². The van der Waals surface area contributed by atoms with E-state index in [1.54, 1.807) is 25.1 Å². The zero-order chi connectivity index (χ0) is 20.5. The second-order valence-electron chi connectivity index (χ2n) is 6.21. The highest BCUT2D eigenvalue weighted by Crippen LogP contribution is 2.36. The van der Waals surface area contributed by atoms with E-state index in [9.17, 15) is 9.59 Å². The van der Waals surface area contributed by atoms with Crippen molar-refractivity contribution in [3.05, 3.63) is 85.1 Å². The van der Waals surface area contributed by atoms with E-state index in [0.717, 1.165) is 10.1 Å². The molecule has 9 heteroatoms. The van der Waals surface area contributed by atoms with Gasteiger partial charge in [-0.1, -0.05) is 47.5 Å². The number of H-pyrrole nitrogens is 1. The molecule has 0 aliphatic heterocycles. The van der Waals surface area contributed by atoms with Crippen LogP contribution in [0.3, 0.4) is 0 Å². The third-order valence-corrected chi connectivity index (χ3v) is 6.18. The largest absolute Gasteiger partial charge is 0.295 e. The van der Waals surface area contributed by atoms with Gasteiger partial charge >= 0.3 is 0 Å². The van der Waals surface area contributed by atoms with Crippen LogP contribution in [0.2, 0.25) is 10.0 Å². The van der Waals surface area contributed by atoms with E-state index < -0.39 is 5.91 Å². The molecule has 2 heterocycles. The maximum absolute atomic E-state index is 12.6. The van der Waals surface area contributed by atoms with Crippen molar-refractivity contribution < 1.29 is 4.79 Å². The molecule has 0 spiro atoms. The molecule has 2 N–H and O–H groups in total. The number of thiophene rings is 1. The Bertz CT molecular complexity index is 1310. The first-order valence-electron chi connectivity index (χ1n) is 8.53. The fourth-order valence-electron chi connectivity index (χ4n) is 2.86. The first-order chi connectivity index (χ1) is 14.0. The van der Waals surface area contributed by atoms with Gasteiger partial charge in [-0.15, -0.1) is 11.3 Å². The number of aromatic amines is 1. The number of hydrogen-bond donors (Lipinski definition) is 2. The Morgan fingerprint density at radius 2 is 1.97 bits per heavy atom. The summed E-state index contributed by atoms with van der Waals surface area (Å²) in [6.07, 6.45) is 1.32. The van der Waals surface area contributed by atoms with Crippen LogP contribution in [0.15, 0.2) is 58.4 Å². The topological polar surface area (TPSA) is 79.2 Å². The lowest BCUT2D eigenvalue weighted by Crippen LogP contribution is -2.19. The van der Waals surface area contributed by atoms with E-state index in [4.69, 9.17) is 23.2 Å². The summed E-state index contributed by atoms with van der Waals surface area (Å²) in [6.45, 7) is 1.76. The molecule has 0 bridgehead atoms. The third kappa shape index (κ3) is 3.72. The molecule has 6 nitrogen and oxygen atoms in total. The van der Waals surface area contributed by atoms with Gasteiger partial charge in [0.2, 0.25) is 0 Å². The maximum atomic E-state index is 12.6. The van der Waals surface area contributed by atoms with Crippen LogP contribution < -0.4 is 11.0 Å². The van der Waals surface area contributed by atoms with Crippen LogP contribution in [0.25, 0.3) is 15.8 Å². The number of amides is 1. The summed E-state index contributed by atoms with van der Waals surface area (Å²) in [7, 11) is 0. The van der Waals surface area contributed by atoms with E-state index in [1.165, 1.54) is 22.2 Å². The number of hydrazone groups is 1. The second kappa shape index (κ2) is 7.87. The quantitative estimate of drug-likeness (QED) is 0.351. The lowest BCUT2D eigenvalue weighted by Gasteiger charge is -1.99. The summed E-state index contributed by atoms with van der Waals surface area (Å²) in [5.74, 6) is -0.458. The minimum Gasteiger partial charge on any atom is -0.295 e. The number of aryl methyl sites for hydroxylation is 1. The summed E-state index contributed by atoms with van der Waals surface area (Å²) in [5.41, 5.74) is 3.86. The molecular formula is C20H14Cl2N4O2S. The van der Waals surface area contributed by atoms with Crippen molar-refractivity contribution in [2.24, 2.45) is 5.10 Å². The highest BCUT2D eigenvalue weighted by atomic mass is 35.5. The predicted molar refractivity (Wildman–Crippen MR) is 118 cm³/mol. The Hall–Kier alpha value is -2.87. The van der Waals surface area contributed by atoms with E-state index in [1.807, 2.05) is 30.3 Å². The van der Waals surface area contributed by atoms with Gasteiger partial charge in [0.25, 0.3) is 11.5 Å². The lowest BCUT2D eigenvalue weighted by molar-refractivity contribution is 0.0959. The minimum atomic E-state index is -0.458. The Labute approximate surface area is 179 Å². The molecular weight excluding hydrogens is 431 g/mol. The molecule has 0 unspecified atom stereocenters. The molecule has 0 saturated carbocycles. The number of nitrogens with zero attached hydrogens (tertiary/aromatic N) is 2. The van der Waals surface area contributed by atoms with Crippen molar-refractivity contribution in [1.29, 1.82) is 0 Å². The number of fused-ring (bicyclic) bond motifs is 1. The number of aromatic nitrogens is 2. The monoisotopic (exact) mass is 444 g/mol. The number of hydrogen-bond acceptors (Lipinski definition) is 4. The van der Waals surface area contributed by atoms with Crippen LogP contribution in [0.5, 0.6) is 0 Å². The normalized spacial score (nSPS) is 11.4. The summed E-state index contributed by atoms with van der Waals surface area (Å²) < 4.78 is 2.23. The van der Waals surface area contributed by atoms with E-state index in [-0.39, 0.29) is 5.56 Å². The van der Waals surface area contributed by atoms with Gasteiger partial charge in [0.05, 0.1) is 22.5 Å². The SMILES string of the molecule is Cc1[nH]n(-c2ccccc2)c(=O)c1/C=N/NC(=O)c1sc2cc(Cl)ccc2c1Cl. The number of carbonyl (C=O) groups excluding carboxylic acids is 1. The van der Waals surface area contributed by atoms with Crippen molar-refractivity contribution in [3.63, 3.8) is 0 Å². The molecule has 0 atom stereocenters. The molecule has 1 amide bonds. The summed E-state index contributed by atoms with van der Waals surface area (Å²) in [6, 6.07) is 14.4. The molecule has 0 aliphatic rings. The van der Waals surface area contributed by atoms with Gasteiger partial charge < -0.3 is 0 Å². The zero-order valence-corrected chi connectivity index (χ0v) is 17.4. The first kappa shape index (κ1) is 19.4. The van der Waals surface area contributed by atoms with Gasteiger partial charge in [-0.3, -0.25) is 14.7 Å².